The van der Waals surface area contributed by atoms with Gasteiger partial charge in [0.15, 0.2) is 0 Å². The van der Waals surface area contributed by atoms with Crippen LogP contribution in [0.5, 0.6) is 0 Å². The van der Waals surface area contributed by atoms with E-state index in [4.69, 9.17) is 5.73 Å². The number of rotatable bonds is 5. The minimum atomic E-state index is -0.501. The predicted molar refractivity (Wildman–Crippen MR) is 66.0 cm³/mol. The van der Waals surface area contributed by atoms with Crippen LogP contribution in [-0.4, -0.2) is 26.0 Å². The number of aromatic nitrogens is 3. The molecule has 0 aliphatic carbocycles. The van der Waals surface area contributed by atoms with Gasteiger partial charge in [-0.25, -0.2) is 9.97 Å². The van der Waals surface area contributed by atoms with E-state index in [-0.39, 0.29) is 11.5 Å². The molecule has 0 atom stereocenters. The first-order chi connectivity index (χ1) is 8.65. The molecule has 2 rings (SSSR count). The van der Waals surface area contributed by atoms with Crippen molar-refractivity contribution in [3.05, 3.63) is 41.0 Å². The summed E-state index contributed by atoms with van der Waals surface area (Å²) < 4.78 is 1.88. The third-order valence-corrected chi connectivity index (χ3v) is 2.28. The van der Waals surface area contributed by atoms with E-state index in [1.165, 1.54) is 12.1 Å². The standard InChI is InChI=1S/C10H12N6O2/c11-9-5-8(16(17)18)6-10(14-9)13-2-4-15-3-1-12-7-15/h1,3,5-7H,2,4H2,(H3,11,13,14). The molecule has 2 heterocycles. The third kappa shape index (κ3) is 2.94. The number of anilines is 2. The predicted octanol–water partition coefficient (Wildman–Crippen LogP) is 0.881. The van der Waals surface area contributed by atoms with Crippen molar-refractivity contribution in [1.82, 2.24) is 14.5 Å². The molecule has 3 N–H and O–H groups in total. The first-order valence-corrected chi connectivity index (χ1v) is 5.27. The van der Waals surface area contributed by atoms with Gasteiger partial charge in [-0.15, -0.1) is 0 Å². The lowest BCUT2D eigenvalue weighted by atomic mass is 10.3. The number of nitrogen functional groups attached to an aromatic ring is 1. The normalized spacial score (nSPS) is 10.2. The van der Waals surface area contributed by atoms with Crippen LogP contribution < -0.4 is 11.1 Å². The molecule has 2 aromatic heterocycles. The Kier molecular flexibility index (Phi) is 3.37. The van der Waals surface area contributed by atoms with Gasteiger partial charge in [0.05, 0.1) is 23.4 Å². The van der Waals surface area contributed by atoms with Gasteiger partial charge in [0, 0.05) is 25.5 Å². The average molecular weight is 248 g/mol. The number of nitrogens with two attached hydrogens (primary N) is 1. The Morgan fingerprint density at radius 3 is 3.00 bits per heavy atom. The first-order valence-electron chi connectivity index (χ1n) is 5.27. The quantitative estimate of drug-likeness (QED) is 0.600. The third-order valence-electron chi connectivity index (χ3n) is 2.28. The number of imidazole rings is 1. The van der Waals surface area contributed by atoms with Crippen LogP contribution in [0.2, 0.25) is 0 Å². The van der Waals surface area contributed by atoms with Gasteiger partial charge < -0.3 is 15.6 Å². The minimum Gasteiger partial charge on any atom is -0.383 e. The molecule has 0 amide bonds. The minimum absolute atomic E-state index is 0.0763. The highest BCUT2D eigenvalue weighted by Gasteiger charge is 2.09. The molecule has 0 spiro atoms. The zero-order chi connectivity index (χ0) is 13.0. The Morgan fingerprint density at radius 1 is 1.50 bits per heavy atom. The monoisotopic (exact) mass is 248 g/mol. The lowest BCUT2D eigenvalue weighted by molar-refractivity contribution is -0.384. The summed E-state index contributed by atoms with van der Waals surface area (Å²) in [4.78, 5) is 18.0. The summed E-state index contributed by atoms with van der Waals surface area (Å²) in [5.41, 5.74) is 5.42. The van der Waals surface area contributed by atoms with Crippen molar-refractivity contribution < 1.29 is 4.92 Å². The Balaban J connectivity index is 1.98. The van der Waals surface area contributed by atoms with Crippen molar-refractivity contribution in [3.63, 3.8) is 0 Å². The van der Waals surface area contributed by atoms with E-state index in [0.29, 0.717) is 18.9 Å². The van der Waals surface area contributed by atoms with Crippen LogP contribution in [0.25, 0.3) is 0 Å². The number of nitrogens with zero attached hydrogens (tertiary/aromatic N) is 4. The van der Waals surface area contributed by atoms with E-state index < -0.39 is 4.92 Å². The number of pyridine rings is 1. The Labute approximate surface area is 103 Å². The van der Waals surface area contributed by atoms with Gasteiger partial charge in [-0.3, -0.25) is 10.1 Å². The Bertz CT molecular complexity index is 539. The van der Waals surface area contributed by atoms with Gasteiger partial charge in [-0.1, -0.05) is 0 Å². The van der Waals surface area contributed by atoms with Crippen molar-refractivity contribution in [3.8, 4) is 0 Å². The number of hydrogen-bond acceptors (Lipinski definition) is 6. The van der Waals surface area contributed by atoms with Gasteiger partial charge >= 0.3 is 0 Å². The lowest BCUT2D eigenvalue weighted by Gasteiger charge is -2.06. The van der Waals surface area contributed by atoms with Gasteiger partial charge in [0.1, 0.15) is 11.6 Å². The summed E-state index contributed by atoms with van der Waals surface area (Å²) in [6.45, 7) is 1.26. The van der Waals surface area contributed by atoms with Crippen molar-refractivity contribution in [1.29, 1.82) is 0 Å². The van der Waals surface area contributed by atoms with E-state index in [0.717, 1.165) is 0 Å². The molecule has 0 fully saturated rings. The summed E-state index contributed by atoms with van der Waals surface area (Å²) in [6.07, 6.45) is 5.21. The molecule has 0 aliphatic rings. The summed E-state index contributed by atoms with van der Waals surface area (Å²) in [7, 11) is 0. The summed E-state index contributed by atoms with van der Waals surface area (Å²) in [5, 5.41) is 13.6. The smallest absolute Gasteiger partial charge is 0.276 e. The van der Waals surface area contributed by atoms with Crippen molar-refractivity contribution in [2.24, 2.45) is 0 Å². The van der Waals surface area contributed by atoms with E-state index >= 15 is 0 Å². The maximum Gasteiger partial charge on any atom is 0.276 e. The van der Waals surface area contributed by atoms with E-state index in [2.05, 4.69) is 15.3 Å². The highest BCUT2D eigenvalue weighted by molar-refractivity contribution is 5.52. The van der Waals surface area contributed by atoms with Crippen LogP contribution in [0.15, 0.2) is 30.9 Å². The number of nitro groups is 1. The fourth-order valence-corrected chi connectivity index (χ4v) is 1.46. The number of nitrogens with one attached hydrogen (secondary N) is 1. The molecule has 0 aromatic carbocycles. The van der Waals surface area contributed by atoms with Crippen molar-refractivity contribution in [2.45, 2.75) is 6.54 Å². The van der Waals surface area contributed by atoms with E-state index in [1.54, 1.807) is 12.5 Å². The van der Waals surface area contributed by atoms with Crippen LogP contribution >= 0.6 is 0 Å². The second kappa shape index (κ2) is 5.13. The Morgan fingerprint density at radius 2 is 2.33 bits per heavy atom. The highest BCUT2D eigenvalue weighted by Crippen LogP contribution is 2.18. The molecule has 0 saturated heterocycles. The Hall–Kier alpha value is -2.64. The van der Waals surface area contributed by atoms with Crippen LogP contribution in [-0.2, 0) is 6.54 Å². The van der Waals surface area contributed by atoms with Gasteiger partial charge in [-0.2, -0.15) is 0 Å². The van der Waals surface area contributed by atoms with Gasteiger partial charge in [0.2, 0.25) is 0 Å². The SMILES string of the molecule is Nc1cc([N+](=O)[O-])cc(NCCn2ccnc2)n1. The molecular weight excluding hydrogens is 236 g/mol. The molecule has 0 radical (unpaired) electrons. The first kappa shape index (κ1) is 11.8. The van der Waals surface area contributed by atoms with E-state index in [9.17, 15) is 10.1 Å². The fourth-order valence-electron chi connectivity index (χ4n) is 1.46. The van der Waals surface area contributed by atoms with Crippen LogP contribution in [0, 0.1) is 10.1 Å². The molecule has 0 saturated carbocycles. The molecule has 94 valence electrons. The summed E-state index contributed by atoms with van der Waals surface area (Å²) in [6, 6.07) is 2.57. The zero-order valence-electron chi connectivity index (χ0n) is 9.48. The largest absolute Gasteiger partial charge is 0.383 e. The second-order valence-corrected chi connectivity index (χ2v) is 3.62. The lowest BCUT2D eigenvalue weighted by Crippen LogP contribution is -2.11. The summed E-state index contributed by atoms with van der Waals surface area (Å²) >= 11 is 0. The summed E-state index contributed by atoms with van der Waals surface area (Å²) in [5.74, 6) is 0.510. The average Bonchev–Trinajstić information content (AvgIpc) is 2.81. The molecule has 0 aliphatic heterocycles. The fraction of sp³-hybridized carbons (Fsp3) is 0.200. The number of hydrogen-bond donors (Lipinski definition) is 2. The molecule has 0 bridgehead atoms. The molecule has 18 heavy (non-hydrogen) atoms. The van der Waals surface area contributed by atoms with Gasteiger partial charge in [-0.05, 0) is 0 Å². The zero-order valence-corrected chi connectivity index (χ0v) is 9.48. The van der Waals surface area contributed by atoms with E-state index in [1.807, 2.05) is 10.8 Å². The molecule has 2 aromatic rings. The van der Waals surface area contributed by atoms with Crippen molar-refractivity contribution >= 4 is 17.3 Å². The maximum absolute atomic E-state index is 10.6. The molecule has 8 nitrogen and oxygen atoms in total. The van der Waals surface area contributed by atoms with Gasteiger partial charge in [0.25, 0.3) is 5.69 Å². The maximum atomic E-state index is 10.6. The second-order valence-electron chi connectivity index (χ2n) is 3.62. The van der Waals surface area contributed by atoms with Crippen molar-refractivity contribution in [2.75, 3.05) is 17.6 Å². The molecule has 0 unspecified atom stereocenters. The molecular formula is C10H12N6O2. The van der Waals surface area contributed by atoms with Crippen LogP contribution in [0.3, 0.4) is 0 Å². The topological polar surface area (TPSA) is 112 Å². The highest BCUT2D eigenvalue weighted by atomic mass is 16.6. The van der Waals surface area contributed by atoms with Crippen LogP contribution in [0.1, 0.15) is 0 Å². The van der Waals surface area contributed by atoms with Crippen LogP contribution in [0.4, 0.5) is 17.3 Å². The molecule has 8 heteroatoms.